The predicted octanol–water partition coefficient (Wildman–Crippen LogP) is 4.23. The maximum Gasteiger partial charge on any atom is 0.165 e. The molecule has 8 heteroatoms. The third-order valence-electron chi connectivity index (χ3n) is 5.36. The Bertz CT molecular complexity index is 1200. The molecule has 0 radical (unpaired) electrons. The van der Waals surface area contributed by atoms with Crippen molar-refractivity contribution in [3.63, 3.8) is 0 Å². The number of aromatic nitrogens is 5. The van der Waals surface area contributed by atoms with Crippen molar-refractivity contribution in [2.75, 3.05) is 11.9 Å². The van der Waals surface area contributed by atoms with Crippen LogP contribution in [0.4, 0.5) is 10.2 Å². The van der Waals surface area contributed by atoms with Crippen LogP contribution in [0.2, 0.25) is 0 Å². The minimum absolute atomic E-state index is 0.186. The summed E-state index contributed by atoms with van der Waals surface area (Å²) >= 11 is 0. The number of aryl methyl sites for hydroxylation is 1. The highest BCUT2D eigenvalue weighted by molar-refractivity contribution is 5.76. The van der Waals surface area contributed by atoms with Crippen LogP contribution < -0.4 is 10.1 Å². The molecular weight excluding hydrogens is 383 g/mol. The van der Waals surface area contributed by atoms with Crippen LogP contribution in [0.25, 0.3) is 16.8 Å². The molecule has 1 unspecified atom stereocenters. The van der Waals surface area contributed by atoms with Crippen molar-refractivity contribution in [2.45, 2.75) is 25.8 Å². The maximum absolute atomic E-state index is 13.9. The van der Waals surface area contributed by atoms with Crippen LogP contribution >= 0.6 is 0 Å². The zero-order valence-corrected chi connectivity index (χ0v) is 16.9. The van der Waals surface area contributed by atoms with Gasteiger partial charge < -0.3 is 10.1 Å². The molecule has 5 rings (SSSR count). The van der Waals surface area contributed by atoms with E-state index >= 15 is 0 Å². The van der Waals surface area contributed by atoms with Crippen LogP contribution in [0.15, 0.2) is 49.1 Å². The minimum Gasteiger partial charge on any atom is -0.493 e. The summed E-state index contributed by atoms with van der Waals surface area (Å²) in [4.78, 5) is 4.74. The number of nitrogens with one attached hydrogen (secondary N) is 1. The fourth-order valence-corrected chi connectivity index (χ4v) is 3.49. The number of hydrogen-bond donors (Lipinski definition) is 1. The lowest BCUT2D eigenvalue weighted by atomic mass is 10.1. The van der Waals surface area contributed by atoms with E-state index in [1.54, 1.807) is 27.7 Å². The van der Waals surface area contributed by atoms with Gasteiger partial charge in [0.15, 0.2) is 5.65 Å². The SMILES string of the molecule is CC(Nc1ccn2ncc(-c3cnn(C)c3)c2n1)c1cc(F)ccc1OCC1CC1. The summed E-state index contributed by atoms with van der Waals surface area (Å²) < 4.78 is 23.4. The molecule has 0 amide bonds. The van der Waals surface area contributed by atoms with E-state index in [9.17, 15) is 4.39 Å². The number of anilines is 1. The van der Waals surface area contributed by atoms with Crippen molar-refractivity contribution in [1.29, 1.82) is 0 Å². The lowest BCUT2D eigenvalue weighted by molar-refractivity contribution is 0.295. The Morgan fingerprint density at radius 2 is 2.10 bits per heavy atom. The van der Waals surface area contributed by atoms with E-state index in [0.717, 1.165) is 22.3 Å². The molecule has 0 spiro atoms. The summed E-state index contributed by atoms with van der Waals surface area (Å²) in [5.41, 5.74) is 3.35. The van der Waals surface area contributed by atoms with Gasteiger partial charge in [-0.05, 0) is 49.9 Å². The van der Waals surface area contributed by atoms with E-state index in [4.69, 9.17) is 9.72 Å². The van der Waals surface area contributed by atoms with Crippen molar-refractivity contribution in [3.8, 4) is 16.9 Å². The van der Waals surface area contributed by atoms with Crippen LogP contribution in [0.3, 0.4) is 0 Å². The summed E-state index contributed by atoms with van der Waals surface area (Å²) in [5, 5.41) is 12.0. The van der Waals surface area contributed by atoms with Gasteiger partial charge in [0.25, 0.3) is 0 Å². The van der Waals surface area contributed by atoms with E-state index in [-0.39, 0.29) is 11.9 Å². The summed E-state index contributed by atoms with van der Waals surface area (Å²) in [6.45, 7) is 2.66. The van der Waals surface area contributed by atoms with Crippen molar-refractivity contribution < 1.29 is 9.13 Å². The first-order valence-electron chi connectivity index (χ1n) is 10.1. The fourth-order valence-electron chi connectivity index (χ4n) is 3.49. The zero-order chi connectivity index (χ0) is 20.7. The number of hydrogen-bond acceptors (Lipinski definition) is 5. The molecule has 154 valence electrons. The number of fused-ring (bicyclic) bond motifs is 1. The summed E-state index contributed by atoms with van der Waals surface area (Å²) in [6, 6.07) is 6.34. The molecule has 4 aromatic rings. The Morgan fingerprint density at radius 1 is 1.23 bits per heavy atom. The smallest absolute Gasteiger partial charge is 0.165 e. The average molecular weight is 406 g/mol. The van der Waals surface area contributed by atoms with E-state index in [1.165, 1.54) is 25.0 Å². The first-order valence-corrected chi connectivity index (χ1v) is 10.1. The van der Waals surface area contributed by atoms with Gasteiger partial charge in [-0.25, -0.2) is 13.9 Å². The van der Waals surface area contributed by atoms with Gasteiger partial charge in [0.2, 0.25) is 0 Å². The molecular formula is C22H23FN6O. The second-order valence-corrected chi connectivity index (χ2v) is 7.84. The van der Waals surface area contributed by atoms with Gasteiger partial charge >= 0.3 is 0 Å². The monoisotopic (exact) mass is 406 g/mol. The third kappa shape index (κ3) is 3.72. The van der Waals surface area contributed by atoms with Gasteiger partial charge in [0, 0.05) is 36.1 Å². The van der Waals surface area contributed by atoms with Gasteiger partial charge in [-0.3, -0.25) is 4.68 Å². The number of benzene rings is 1. The van der Waals surface area contributed by atoms with Crippen molar-refractivity contribution >= 4 is 11.5 Å². The van der Waals surface area contributed by atoms with Crippen LogP contribution in [0.5, 0.6) is 5.75 Å². The first-order chi connectivity index (χ1) is 14.6. The highest BCUT2D eigenvalue weighted by Crippen LogP contribution is 2.33. The molecule has 1 fully saturated rings. The Labute approximate surface area is 173 Å². The number of nitrogens with zero attached hydrogens (tertiary/aromatic N) is 5. The van der Waals surface area contributed by atoms with Crippen LogP contribution in [-0.2, 0) is 7.05 Å². The average Bonchev–Trinajstić information content (AvgIpc) is 3.32. The topological polar surface area (TPSA) is 69.3 Å². The van der Waals surface area contributed by atoms with Crippen LogP contribution in [0, 0.1) is 11.7 Å². The standard InChI is InChI=1S/C22H23FN6O/c1-14(18-9-17(23)5-6-20(18)30-13-15-3-4-15)26-21-7-8-29-22(27-21)19(11-25-29)16-10-24-28(2)12-16/h5-12,14-15H,3-4,13H2,1-2H3,(H,26,27). The van der Waals surface area contributed by atoms with E-state index in [1.807, 2.05) is 32.4 Å². The Hall–Kier alpha value is -3.42. The zero-order valence-electron chi connectivity index (χ0n) is 16.9. The van der Waals surface area contributed by atoms with E-state index in [0.29, 0.717) is 24.1 Å². The van der Waals surface area contributed by atoms with E-state index < -0.39 is 0 Å². The van der Waals surface area contributed by atoms with Gasteiger partial charge in [0.1, 0.15) is 17.4 Å². The van der Waals surface area contributed by atoms with Gasteiger partial charge in [-0.15, -0.1) is 0 Å². The molecule has 1 aromatic carbocycles. The summed E-state index contributed by atoms with van der Waals surface area (Å²) in [6.07, 6.45) is 9.77. The first kappa shape index (κ1) is 18.6. The van der Waals surface area contributed by atoms with Gasteiger partial charge in [0.05, 0.1) is 25.0 Å². The quantitative estimate of drug-likeness (QED) is 0.497. The summed E-state index contributed by atoms with van der Waals surface area (Å²) in [7, 11) is 1.87. The highest BCUT2D eigenvalue weighted by Gasteiger charge is 2.23. The lowest BCUT2D eigenvalue weighted by Crippen LogP contribution is -2.11. The van der Waals surface area contributed by atoms with Crippen LogP contribution in [-0.4, -0.2) is 31.0 Å². The second-order valence-electron chi connectivity index (χ2n) is 7.84. The molecule has 0 bridgehead atoms. The molecule has 0 aliphatic heterocycles. The lowest BCUT2D eigenvalue weighted by Gasteiger charge is -2.19. The molecule has 1 saturated carbocycles. The minimum atomic E-state index is -0.282. The maximum atomic E-state index is 13.9. The third-order valence-corrected chi connectivity index (χ3v) is 5.36. The van der Waals surface area contributed by atoms with Crippen molar-refractivity contribution in [2.24, 2.45) is 13.0 Å². The highest BCUT2D eigenvalue weighted by atomic mass is 19.1. The number of halogens is 1. The molecule has 0 saturated heterocycles. The Morgan fingerprint density at radius 3 is 2.87 bits per heavy atom. The Kier molecular flexibility index (Phi) is 4.61. The van der Waals surface area contributed by atoms with Gasteiger partial charge in [-0.1, -0.05) is 0 Å². The van der Waals surface area contributed by atoms with E-state index in [2.05, 4.69) is 15.5 Å². The largest absolute Gasteiger partial charge is 0.493 e. The molecule has 1 aliphatic rings. The molecule has 30 heavy (non-hydrogen) atoms. The van der Waals surface area contributed by atoms with Crippen molar-refractivity contribution in [1.82, 2.24) is 24.4 Å². The molecule has 3 heterocycles. The normalized spacial score (nSPS) is 14.8. The van der Waals surface area contributed by atoms with Gasteiger partial charge in [-0.2, -0.15) is 10.2 Å². The Balaban J connectivity index is 1.42. The molecule has 7 nitrogen and oxygen atoms in total. The fraction of sp³-hybridized carbons (Fsp3) is 0.318. The number of ether oxygens (including phenoxy) is 1. The molecule has 1 N–H and O–H groups in total. The van der Waals surface area contributed by atoms with Crippen LogP contribution in [0.1, 0.15) is 31.4 Å². The second kappa shape index (κ2) is 7.44. The predicted molar refractivity (Wildman–Crippen MR) is 112 cm³/mol. The number of rotatable bonds is 7. The van der Waals surface area contributed by atoms with Crippen molar-refractivity contribution in [3.05, 3.63) is 60.4 Å². The molecule has 3 aromatic heterocycles. The summed E-state index contributed by atoms with van der Waals surface area (Å²) in [5.74, 6) is 1.74. The molecule has 1 aliphatic carbocycles. The molecule has 1 atom stereocenters.